The van der Waals surface area contributed by atoms with Crippen molar-refractivity contribution in [3.8, 4) is 12.3 Å². The monoisotopic (exact) mass is 217 g/mol. The number of rotatable bonds is 2. The first-order valence-electron chi connectivity index (χ1n) is 4.23. The van der Waals surface area contributed by atoms with E-state index in [4.69, 9.17) is 6.42 Å². The molecule has 0 N–H and O–H groups in total. The molecular weight excluding hydrogens is 210 g/mol. The topological polar surface area (TPSA) is 47.3 Å². The predicted molar refractivity (Wildman–Crippen MR) is 58.8 cm³/mol. The minimum atomic E-state index is -0.333. The number of pyridine rings is 1. The van der Waals surface area contributed by atoms with Crippen LogP contribution < -0.4 is 5.69 Å². The van der Waals surface area contributed by atoms with Crippen LogP contribution in [-0.4, -0.2) is 20.1 Å². The maximum absolute atomic E-state index is 11.5. The first-order valence-corrected chi connectivity index (χ1v) is 5.21. The van der Waals surface area contributed by atoms with Gasteiger partial charge in [0, 0.05) is 6.20 Å². The summed E-state index contributed by atoms with van der Waals surface area (Å²) in [4.78, 5) is 19.5. The summed E-state index contributed by atoms with van der Waals surface area (Å²) in [6.45, 7) is 0. The molecule has 0 aromatic carbocycles. The number of nitrogens with zero attached hydrogens (tertiary/aromatic N) is 3. The molecule has 2 aromatic heterocycles. The van der Waals surface area contributed by atoms with E-state index in [0.717, 1.165) is 0 Å². The van der Waals surface area contributed by atoms with Gasteiger partial charge < -0.3 is 0 Å². The van der Waals surface area contributed by atoms with Crippen LogP contribution >= 0.6 is 11.8 Å². The summed E-state index contributed by atoms with van der Waals surface area (Å²) in [5, 5.41) is 0.421. The van der Waals surface area contributed by atoms with Gasteiger partial charge in [0.05, 0.1) is 5.75 Å². The summed E-state index contributed by atoms with van der Waals surface area (Å²) in [7, 11) is 0. The second-order valence-corrected chi connectivity index (χ2v) is 3.65. The van der Waals surface area contributed by atoms with E-state index in [1.165, 1.54) is 16.2 Å². The lowest BCUT2D eigenvalue weighted by Gasteiger charge is -1.99. The zero-order valence-corrected chi connectivity index (χ0v) is 8.57. The molecule has 0 unspecified atom stereocenters. The Kier molecular flexibility index (Phi) is 2.70. The molecule has 0 atom stereocenters. The van der Waals surface area contributed by atoms with Crippen LogP contribution in [0.2, 0.25) is 0 Å². The van der Waals surface area contributed by atoms with E-state index < -0.39 is 0 Å². The molecule has 0 bridgehead atoms. The van der Waals surface area contributed by atoms with Gasteiger partial charge in [-0.15, -0.1) is 6.42 Å². The Morgan fingerprint density at radius 1 is 1.47 bits per heavy atom. The van der Waals surface area contributed by atoms with Crippen LogP contribution in [0.5, 0.6) is 0 Å². The minimum Gasteiger partial charge on any atom is -0.251 e. The largest absolute Gasteiger partial charge is 0.355 e. The lowest BCUT2D eigenvalue weighted by molar-refractivity contribution is 0.848. The summed E-state index contributed by atoms with van der Waals surface area (Å²) in [5.74, 6) is 2.92. The SMILES string of the molecule is C#CCSc1nc(=O)n2ccccc2n1. The fourth-order valence-electron chi connectivity index (χ4n) is 1.12. The van der Waals surface area contributed by atoms with Gasteiger partial charge in [0.1, 0.15) is 5.65 Å². The van der Waals surface area contributed by atoms with E-state index in [9.17, 15) is 4.79 Å². The highest BCUT2D eigenvalue weighted by Gasteiger charge is 2.02. The first-order chi connectivity index (χ1) is 7.31. The molecule has 2 aromatic rings. The van der Waals surface area contributed by atoms with Crippen LogP contribution in [0.25, 0.3) is 5.65 Å². The Hall–Kier alpha value is -1.80. The number of thioether (sulfide) groups is 1. The van der Waals surface area contributed by atoms with Crippen LogP contribution in [0.4, 0.5) is 0 Å². The Morgan fingerprint density at radius 2 is 2.33 bits per heavy atom. The van der Waals surface area contributed by atoms with Gasteiger partial charge in [0.15, 0.2) is 5.16 Å². The van der Waals surface area contributed by atoms with E-state index in [0.29, 0.717) is 16.6 Å². The van der Waals surface area contributed by atoms with Crippen LogP contribution in [0.3, 0.4) is 0 Å². The van der Waals surface area contributed by atoms with E-state index in [1.807, 2.05) is 6.07 Å². The van der Waals surface area contributed by atoms with Crippen molar-refractivity contribution in [3.05, 3.63) is 34.9 Å². The quantitative estimate of drug-likeness (QED) is 0.552. The van der Waals surface area contributed by atoms with E-state index in [-0.39, 0.29) is 5.69 Å². The molecule has 15 heavy (non-hydrogen) atoms. The molecule has 74 valence electrons. The van der Waals surface area contributed by atoms with Crippen LogP contribution in [0.15, 0.2) is 34.3 Å². The van der Waals surface area contributed by atoms with E-state index in [1.54, 1.807) is 18.3 Å². The summed E-state index contributed by atoms with van der Waals surface area (Å²) in [5.41, 5.74) is 0.247. The van der Waals surface area contributed by atoms with Crippen molar-refractivity contribution in [2.75, 3.05) is 5.75 Å². The smallest absolute Gasteiger partial charge is 0.251 e. The standard InChI is InChI=1S/C10H7N3OS/c1-2-7-15-9-11-8-5-3-4-6-13(8)10(14)12-9/h1,3-6H,7H2. The van der Waals surface area contributed by atoms with Gasteiger partial charge in [-0.3, -0.25) is 4.40 Å². The molecule has 0 aliphatic carbocycles. The predicted octanol–water partition coefficient (Wildman–Crippen LogP) is 0.815. The Labute approximate surface area is 90.4 Å². The maximum atomic E-state index is 11.5. The van der Waals surface area contributed by atoms with Crippen molar-refractivity contribution >= 4 is 17.4 Å². The maximum Gasteiger partial charge on any atom is 0.355 e. The molecule has 5 heteroatoms. The number of aromatic nitrogens is 3. The van der Waals surface area contributed by atoms with Crippen molar-refractivity contribution in [1.82, 2.24) is 14.4 Å². The average molecular weight is 217 g/mol. The second kappa shape index (κ2) is 4.15. The molecule has 0 radical (unpaired) electrons. The third-order valence-corrected chi connectivity index (χ3v) is 2.48. The highest BCUT2D eigenvalue weighted by atomic mass is 32.2. The third kappa shape index (κ3) is 2.00. The Balaban J connectivity index is 2.54. The number of hydrogen-bond donors (Lipinski definition) is 0. The molecule has 0 aliphatic rings. The zero-order chi connectivity index (χ0) is 10.7. The molecule has 2 rings (SSSR count). The number of fused-ring (bicyclic) bond motifs is 1. The fraction of sp³-hybridized carbons (Fsp3) is 0.100. The molecule has 4 nitrogen and oxygen atoms in total. The van der Waals surface area contributed by atoms with Gasteiger partial charge in [0.2, 0.25) is 0 Å². The molecule has 0 aliphatic heterocycles. The molecule has 0 fully saturated rings. The average Bonchev–Trinajstić information content (AvgIpc) is 2.26. The summed E-state index contributed by atoms with van der Waals surface area (Å²) < 4.78 is 1.39. The van der Waals surface area contributed by atoms with Crippen LogP contribution in [0, 0.1) is 12.3 Å². The van der Waals surface area contributed by atoms with Crippen molar-refractivity contribution in [2.24, 2.45) is 0 Å². The lowest BCUT2D eigenvalue weighted by Crippen LogP contribution is -2.18. The van der Waals surface area contributed by atoms with E-state index >= 15 is 0 Å². The highest BCUT2D eigenvalue weighted by molar-refractivity contribution is 7.99. The molecule has 0 spiro atoms. The fourth-order valence-corrected chi connectivity index (χ4v) is 1.63. The van der Waals surface area contributed by atoms with Gasteiger partial charge in [-0.25, -0.2) is 9.78 Å². The minimum absolute atomic E-state index is 0.333. The molecular formula is C10H7N3OS. The van der Waals surface area contributed by atoms with Gasteiger partial charge >= 0.3 is 5.69 Å². The zero-order valence-electron chi connectivity index (χ0n) is 7.75. The molecule has 0 saturated heterocycles. The normalized spacial score (nSPS) is 10.1. The summed E-state index contributed by atoms with van der Waals surface area (Å²) in [6.07, 6.45) is 6.75. The van der Waals surface area contributed by atoms with Gasteiger partial charge in [-0.2, -0.15) is 4.98 Å². The van der Waals surface area contributed by atoms with Gasteiger partial charge in [0.25, 0.3) is 0 Å². The first kappa shape index (κ1) is 9.74. The van der Waals surface area contributed by atoms with Gasteiger partial charge in [-0.1, -0.05) is 23.7 Å². The van der Waals surface area contributed by atoms with E-state index in [2.05, 4.69) is 15.9 Å². The molecule has 2 heterocycles. The van der Waals surface area contributed by atoms with Crippen molar-refractivity contribution < 1.29 is 0 Å². The second-order valence-electron chi connectivity index (χ2n) is 2.71. The number of terminal acetylenes is 1. The van der Waals surface area contributed by atoms with Crippen LogP contribution in [0.1, 0.15) is 0 Å². The molecule has 0 amide bonds. The lowest BCUT2D eigenvalue weighted by atomic mass is 10.5. The Bertz CT molecular complexity index is 585. The molecule has 0 saturated carbocycles. The van der Waals surface area contributed by atoms with Crippen molar-refractivity contribution in [3.63, 3.8) is 0 Å². The number of hydrogen-bond acceptors (Lipinski definition) is 4. The van der Waals surface area contributed by atoms with Gasteiger partial charge in [-0.05, 0) is 12.1 Å². The summed E-state index contributed by atoms with van der Waals surface area (Å²) >= 11 is 1.28. The van der Waals surface area contributed by atoms with Crippen molar-refractivity contribution in [2.45, 2.75) is 5.16 Å². The van der Waals surface area contributed by atoms with Crippen molar-refractivity contribution in [1.29, 1.82) is 0 Å². The summed E-state index contributed by atoms with van der Waals surface area (Å²) in [6, 6.07) is 5.33. The highest BCUT2D eigenvalue weighted by Crippen LogP contribution is 2.10. The van der Waals surface area contributed by atoms with Crippen LogP contribution in [-0.2, 0) is 0 Å². The Morgan fingerprint density at radius 3 is 3.13 bits per heavy atom. The third-order valence-electron chi connectivity index (χ3n) is 1.73.